The normalized spacial score (nSPS) is 14.7. The second kappa shape index (κ2) is 12.0. The number of hydrogen-bond acceptors (Lipinski definition) is 5. The number of halogens is 4. The van der Waals surface area contributed by atoms with Gasteiger partial charge in [-0.05, 0) is 73.9 Å². The summed E-state index contributed by atoms with van der Waals surface area (Å²) < 4.78 is 54.1. The summed E-state index contributed by atoms with van der Waals surface area (Å²) in [6, 6.07) is 10.2. The van der Waals surface area contributed by atoms with Crippen molar-refractivity contribution >= 4 is 35.0 Å². The van der Waals surface area contributed by atoms with Crippen LogP contribution in [0.2, 0.25) is 0 Å². The van der Waals surface area contributed by atoms with E-state index >= 15 is 0 Å². The minimum absolute atomic E-state index is 0.0287. The third-order valence-corrected chi connectivity index (χ3v) is 6.05. The van der Waals surface area contributed by atoms with Crippen molar-refractivity contribution in [2.24, 2.45) is 0 Å². The number of pyridine rings is 2. The number of amides is 3. The first-order chi connectivity index (χ1) is 19.5. The standard InChI is InChI=1S/C29H23F4N5O3/c1-3-26(39)36-24-8-4-6-21(35-24)7-5-15-37(22-11-9-20(30)10-12-22)28(41)23-13-14-27(40)38(23)25-17-19(29(31,32)33)16-18(2)34-25/h3-4,6,8-12,16-17,23H,1,13-15H2,2H3,(H,35,36,39). The first kappa shape index (κ1) is 28.9. The van der Waals surface area contributed by atoms with Crippen LogP contribution in [0.25, 0.3) is 0 Å². The van der Waals surface area contributed by atoms with Crippen LogP contribution in [0.1, 0.15) is 29.8 Å². The predicted octanol–water partition coefficient (Wildman–Crippen LogP) is 4.65. The molecule has 1 aliphatic rings. The average Bonchev–Trinajstić information content (AvgIpc) is 3.32. The SMILES string of the molecule is C=CC(=O)Nc1cccc(C#CCN(C(=O)C2CCC(=O)N2c2cc(C(F)(F)F)cc(C)n2)c2ccc(F)cc2)n1. The third kappa shape index (κ3) is 6.94. The summed E-state index contributed by atoms with van der Waals surface area (Å²) in [4.78, 5) is 48.7. The Morgan fingerprint density at radius 1 is 1.17 bits per heavy atom. The maximum Gasteiger partial charge on any atom is 0.416 e. The lowest BCUT2D eigenvalue weighted by Crippen LogP contribution is -2.47. The van der Waals surface area contributed by atoms with Crippen molar-refractivity contribution in [1.82, 2.24) is 9.97 Å². The highest BCUT2D eigenvalue weighted by Crippen LogP contribution is 2.34. The Morgan fingerprint density at radius 3 is 2.59 bits per heavy atom. The van der Waals surface area contributed by atoms with Crippen LogP contribution in [0.15, 0.2) is 67.3 Å². The molecule has 3 heterocycles. The van der Waals surface area contributed by atoms with Gasteiger partial charge in [0.25, 0.3) is 5.91 Å². The van der Waals surface area contributed by atoms with E-state index in [0.29, 0.717) is 0 Å². The molecular weight excluding hydrogens is 542 g/mol. The Kier molecular flexibility index (Phi) is 8.47. The largest absolute Gasteiger partial charge is 0.416 e. The van der Waals surface area contributed by atoms with E-state index in [9.17, 15) is 31.9 Å². The van der Waals surface area contributed by atoms with Gasteiger partial charge in [-0.2, -0.15) is 13.2 Å². The van der Waals surface area contributed by atoms with Crippen LogP contribution >= 0.6 is 0 Å². The van der Waals surface area contributed by atoms with E-state index < -0.39 is 41.3 Å². The molecule has 3 aromatic rings. The Balaban J connectivity index is 1.66. The lowest BCUT2D eigenvalue weighted by atomic mass is 10.1. The fraction of sp³-hybridized carbons (Fsp3) is 0.207. The first-order valence-corrected chi connectivity index (χ1v) is 12.3. The summed E-state index contributed by atoms with van der Waals surface area (Å²) >= 11 is 0. The fourth-order valence-electron chi connectivity index (χ4n) is 4.20. The van der Waals surface area contributed by atoms with Crippen LogP contribution in [-0.2, 0) is 20.6 Å². The van der Waals surface area contributed by atoms with Gasteiger partial charge in [0.15, 0.2) is 0 Å². The number of carbonyl (C=O) groups excluding carboxylic acids is 3. The Morgan fingerprint density at radius 2 is 1.90 bits per heavy atom. The van der Waals surface area contributed by atoms with E-state index in [1.165, 1.54) is 24.0 Å². The van der Waals surface area contributed by atoms with E-state index in [-0.39, 0.29) is 48.1 Å². The van der Waals surface area contributed by atoms with Gasteiger partial charge < -0.3 is 5.32 Å². The van der Waals surface area contributed by atoms with Crippen molar-refractivity contribution in [2.75, 3.05) is 21.7 Å². The van der Waals surface area contributed by atoms with Crippen molar-refractivity contribution in [3.63, 3.8) is 0 Å². The van der Waals surface area contributed by atoms with Crippen molar-refractivity contribution in [1.29, 1.82) is 0 Å². The summed E-state index contributed by atoms with van der Waals surface area (Å²) in [5.74, 6) is 3.36. The molecule has 0 aliphatic carbocycles. The molecule has 210 valence electrons. The minimum atomic E-state index is -4.68. The van der Waals surface area contributed by atoms with E-state index in [4.69, 9.17) is 0 Å². The van der Waals surface area contributed by atoms with Crippen LogP contribution in [0.3, 0.4) is 0 Å². The van der Waals surface area contributed by atoms with Crippen LogP contribution in [0.4, 0.5) is 34.9 Å². The Hall–Kier alpha value is -5.05. The van der Waals surface area contributed by atoms with Crippen molar-refractivity contribution in [3.8, 4) is 11.8 Å². The van der Waals surface area contributed by atoms with Gasteiger partial charge in [0.1, 0.15) is 29.2 Å². The van der Waals surface area contributed by atoms with Crippen LogP contribution in [-0.4, -0.2) is 40.3 Å². The zero-order valence-corrected chi connectivity index (χ0v) is 21.7. The molecule has 3 amide bonds. The lowest BCUT2D eigenvalue weighted by molar-refractivity contribution is -0.137. The van der Waals surface area contributed by atoms with E-state index in [0.717, 1.165) is 35.2 Å². The smallest absolute Gasteiger partial charge is 0.307 e. The molecule has 12 heteroatoms. The number of hydrogen-bond donors (Lipinski definition) is 1. The fourth-order valence-corrected chi connectivity index (χ4v) is 4.20. The molecule has 0 spiro atoms. The highest BCUT2D eigenvalue weighted by Gasteiger charge is 2.41. The molecule has 0 bridgehead atoms. The number of aromatic nitrogens is 2. The number of aryl methyl sites for hydroxylation is 1. The molecule has 1 atom stereocenters. The molecule has 0 radical (unpaired) electrons. The Labute approximate surface area is 232 Å². The van der Waals surface area contributed by atoms with Gasteiger partial charge >= 0.3 is 6.18 Å². The number of rotatable bonds is 6. The molecule has 2 aromatic heterocycles. The predicted molar refractivity (Wildman–Crippen MR) is 143 cm³/mol. The minimum Gasteiger partial charge on any atom is -0.307 e. The van der Waals surface area contributed by atoms with Gasteiger partial charge in [0.05, 0.1) is 12.1 Å². The van der Waals surface area contributed by atoms with Crippen LogP contribution in [0.5, 0.6) is 0 Å². The topological polar surface area (TPSA) is 95.5 Å². The quantitative estimate of drug-likeness (QED) is 0.267. The maximum atomic E-state index is 13.8. The summed E-state index contributed by atoms with van der Waals surface area (Å²) in [6.45, 7) is 4.52. The van der Waals surface area contributed by atoms with Gasteiger partial charge in [0, 0.05) is 17.8 Å². The van der Waals surface area contributed by atoms with E-state index in [1.54, 1.807) is 18.2 Å². The second-order valence-electron chi connectivity index (χ2n) is 8.98. The first-order valence-electron chi connectivity index (χ1n) is 12.3. The molecule has 0 saturated carbocycles. The monoisotopic (exact) mass is 565 g/mol. The van der Waals surface area contributed by atoms with Gasteiger partial charge in [-0.15, -0.1) is 0 Å². The van der Waals surface area contributed by atoms with Gasteiger partial charge in [0.2, 0.25) is 11.8 Å². The van der Waals surface area contributed by atoms with E-state index in [2.05, 4.69) is 33.7 Å². The Bertz CT molecular complexity index is 1560. The summed E-state index contributed by atoms with van der Waals surface area (Å²) in [7, 11) is 0. The number of anilines is 3. The van der Waals surface area contributed by atoms with Crippen molar-refractivity contribution < 1.29 is 31.9 Å². The lowest BCUT2D eigenvalue weighted by Gasteiger charge is -2.29. The third-order valence-electron chi connectivity index (χ3n) is 6.05. The molecule has 1 unspecified atom stereocenters. The van der Waals surface area contributed by atoms with Crippen molar-refractivity contribution in [3.05, 3.63) is 90.0 Å². The molecule has 8 nitrogen and oxygen atoms in total. The zero-order chi connectivity index (χ0) is 29.7. The zero-order valence-electron chi connectivity index (χ0n) is 21.7. The molecule has 1 aromatic carbocycles. The number of nitrogens with zero attached hydrogens (tertiary/aromatic N) is 4. The molecule has 41 heavy (non-hydrogen) atoms. The van der Waals surface area contributed by atoms with Crippen LogP contribution in [0, 0.1) is 24.6 Å². The van der Waals surface area contributed by atoms with Gasteiger partial charge in [-0.1, -0.05) is 18.6 Å². The van der Waals surface area contributed by atoms with Gasteiger partial charge in [-0.25, -0.2) is 14.4 Å². The highest BCUT2D eigenvalue weighted by atomic mass is 19.4. The number of benzene rings is 1. The van der Waals surface area contributed by atoms with E-state index in [1.807, 2.05) is 0 Å². The molecule has 4 rings (SSSR count). The number of carbonyl (C=O) groups is 3. The van der Waals surface area contributed by atoms with Gasteiger partial charge in [-0.3, -0.25) is 24.2 Å². The number of nitrogens with one attached hydrogen (secondary N) is 1. The molecule has 1 N–H and O–H groups in total. The maximum absolute atomic E-state index is 13.8. The number of alkyl halides is 3. The summed E-state index contributed by atoms with van der Waals surface area (Å²) in [6.07, 6.45) is -3.64. The molecule has 1 fully saturated rings. The highest BCUT2D eigenvalue weighted by molar-refractivity contribution is 6.08. The summed E-state index contributed by atoms with van der Waals surface area (Å²) in [5.41, 5.74) is -0.426. The summed E-state index contributed by atoms with van der Waals surface area (Å²) in [5, 5.41) is 2.51. The second-order valence-corrected chi connectivity index (χ2v) is 8.98. The molecule has 1 saturated heterocycles. The van der Waals surface area contributed by atoms with Crippen LogP contribution < -0.4 is 15.1 Å². The molecule has 1 aliphatic heterocycles. The van der Waals surface area contributed by atoms with Crippen molar-refractivity contribution in [2.45, 2.75) is 32.0 Å². The average molecular weight is 566 g/mol. The molecular formula is C29H23F4N5O3.